The average molecular weight is 433 g/mol. The van der Waals surface area contributed by atoms with E-state index in [0.29, 0.717) is 0 Å². The van der Waals surface area contributed by atoms with Crippen LogP contribution in [0.2, 0.25) is 0 Å². The zero-order valence-corrected chi connectivity index (χ0v) is 16.1. The van der Waals surface area contributed by atoms with Crippen molar-refractivity contribution in [2.75, 3.05) is 32.6 Å². The van der Waals surface area contributed by atoms with Crippen molar-refractivity contribution < 1.29 is 30.7 Å². The fraction of sp³-hybridized carbons (Fsp3) is 0.273. The standard InChI is InChI=1S/C22H21N3O4S/c23-10-16-6-8-20(9-7-16)30(28,29)25-13-19(14-25)18-11-24(12-18)22(27)21(15-26)17-4-2-1-3-5-17/h1-9,21,26H,11-15H2/t21-/m1/s1/i11D2,12D2,13D2,14D2,21D. The topological polar surface area (TPSA) is 102 Å². The van der Waals surface area contributed by atoms with Crippen LogP contribution in [0.3, 0.4) is 0 Å². The van der Waals surface area contributed by atoms with Crippen molar-refractivity contribution in [3.8, 4) is 6.07 Å². The molecule has 0 saturated carbocycles. The first kappa shape index (κ1) is 12.0. The summed E-state index contributed by atoms with van der Waals surface area (Å²) in [6.07, 6.45) is 0. The summed E-state index contributed by atoms with van der Waals surface area (Å²) in [5.41, 5.74) is -2.28. The fourth-order valence-corrected chi connectivity index (χ4v) is 3.85. The van der Waals surface area contributed by atoms with Crippen molar-refractivity contribution in [2.45, 2.75) is 10.8 Å². The molecule has 1 atom stereocenters. The van der Waals surface area contributed by atoms with Crippen LogP contribution in [0.4, 0.5) is 0 Å². The molecule has 2 aromatic carbocycles. The van der Waals surface area contributed by atoms with E-state index in [0.717, 1.165) is 24.3 Å². The van der Waals surface area contributed by atoms with Crippen molar-refractivity contribution in [1.82, 2.24) is 9.21 Å². The number of nitrogens with zero attached hydrogens (tertiary/aromatic N) is 3. The average Bonchev–Trinajstić information content (AvgIpc) is 2.85. The first-order chi connectivity index (χ1) is 17.8. The van der Waals surface area contributed by atoms with Gasteiger partial charge in [0, 0.05) is 32.8 Å². The minimum Gasteiger partial charge on any atom is -0.395 e. The Balaban J connectivity index is 1.79. The highest BCUT2D eigenvalue weighted by Gasteiger charge is 2.39. The van der Waals surface area contributed by atoms with Crippen LogP contribution in [0, 0.1) is 11.3 Å². The quantitative estimate of drug-likeness (QED) is 0.721. The largest absolute Gasteiger partial charge is 0.395 e. The van der Waals surface area contributed by atoms with Gasteiger partial charge in [0.15, 0.2) is 0 Å². The third-order valence-electron chi connectivity index (χ3n) is 4.39. The zero-order chi connectivity index (χ0) is 29.4. The monoisotopic (exact) mass is 432 g/mol. The lowest BCUT2D eigenvalue weighted by Gasteiger charge is -2.42. The molecule has 0 bridgehead atoms. The van der Waals surface area contributed by atoms with E-state index < -0.39 is 70.5 Å². The highest BCUT2D eigenvalue weighted by molar-refractivity contribution is 7.89. The van der Waals surface area contributed by atoms with Crippen molar-refractivity contribution in [3.63, 3.8) is 0 Å². The van der Waals surface area contributed by atoms with Gasteiger partial charge in [0.2, 0.25) is 15.9 Å². The normalized spacial score (nSPS) is 29.9. The number of hydrogen-bond acceptors (Lipinski definition) is 5. The van der Waals surface area contributed by atoms with E-state index in [1.807, 2.05) is 0 Å². The van der Waals surface area contributed by atoms with Gasteiger partial charge in [-0.05, 0) is 41.0 Å². The van der Waals surface area contributed by atoms with Crippen LogP contribution in [0.15, 0.2) is 70.6 Å². The SMILES string of the molecule is [2H]C1([2H])C(=C2C([2H])([2H])N(S(=O)(=O)c3ccc(C#N)cc3)C2([2H])[2H])C([2H])([2H])N1C(=O)[C@]([2H])(CO)c1ccccc1. The molecule has 1 N–H and O–H groups in total. The van der Waals surface area contributed by atoms with Gasteiger partial charge in [-0.1, -0.05) is 30.3 Å². The third-order valence-corrected chi connectivity index (χ3v) is 5.92. The van der Waals surface area contributed by atoms with Crippen molar-refractivity contribution in [2.24, 2.45) is 0 Å². The van der Waals surface area contributed by atoms with E-state index >= 15 is 0 Å². The predicted octanol–water partition coefficient (Wildman–Crippen LogP) is 1.48. The molecule has 30 heavy (non-hydrogen) atoms. The number of rotatable bonds is 5. The number of carbonyl (C=O) groups excluding carboxylic acids is 1. The molecule has 154 valence electrons. The summed E-state index contributed by atoms with van der Waals surface area (Å²) in [4.78, 5) is 12.8. The van der Waals surface area contributed by atoms with Crippen LogP contribution in [0.1, 0.15) is 29.4 Å². The second-order valence-electron chi connectivity index (χ2n) is 6.25. The summed E-state index contributed by atoms with van der Waals surface area (Å²) in [6, 6.07) is 13.1. The van der Waals surface area contributed by atoms with Crippen LogP contribution in [0.25, 0.3) is 0 Å². The number of aliphatic hydroxyl groups excluding tert-OH is 1. The summed E-state index contributed by atoms with van der Waals surface area (Å²) >= 11 is 0. The van der Waals surface area contributed by atoms with Gasteiger partial charge in [-0.15, -0.1) is 0 Å². The number of sulfonamides is 1. The van der Waals surface area contributed by atoms with Gasteiger partial charge < -0.3 is 10.0 Å². The maximum Gasteiger partial charge on any atom is 0.243 e. The number of hydrogen-bond donors (Lipinski definition) is 1. The lowest BCUT2D eigenvalue weighted by atomic mass is 9.92. The van der Waals surface area contributed by atoms with Gasteiger partial charge in [-0.2, -0.15) is 9.57 Å². The van der Waals surface area contributed by atoms with Crippen LogP contribution in [-0.4, -0.2) is 61.2 Å². The Morgan fingerprint density at radius 3 is 2.27 bits per heavy atom. The Labute approximate surface area is 188 Å². The summed E-state index contributed by atoms with van der Waals surface area (Å²) < 4.78 is 102. The van der Waals surface area contributed by atoms with E-state index in [4.69, 9.17) is 17.6 Å². The van der Waals surface area contributed by atoms with Gasteiger partial charge in [0.25, 0.3) is 0 Å². The Bertz CT molecular complexity index is 1490. The highest BCUT2D eigenvalue weighted by Crippen LogP contribution is 2.31. The summed E-state index contributed by atoms with van der Waals surface area (Å²) in [5.74, 6) is -4.04. The third kappa shape index (κ3) is 3.63. The molecule has 2 aromatic rings. The van der Waals surface area contributed by atoms with Crippen molar-refractivity contribution >= 4 is 15.9 Å². The molecule has 0 aromatic heterocycles. The lowest BCUT2D eigenvalue weighted by Crippen LogP contribution is -2.52. The Hall–Kier alpha value is -2.99. The van der Waals surface area contributed by atoms with Gasteiger partial charge >= 0.3 is 0 Å². The maximum atomic E-state index is 13.3. The molecule has 0 unspecified atom stereocenters. The van der Waals surface area contributed by atoms with Crippen molar-refractivity contribution in [1.29, 1.82) is 5.26 Å². The number of likely N-dealkylation sites (tertiary alicyclic amines) is 1. The molecule has 1 amide bonds. The fourth-order valence-electron chi connectivity index (χ4n) is 2.74. The number of benzene rings is 2. The summed E-state index contributed by atoms with van der Waals surface area (Å²) in [6.45, 7) is -14.0. The number of carbonyl (C=O) groups is 1. The minimum atomic E-state index is -4.91. The summed E-state index contributed by atoms with van der Waals surface area (Å²) in [5, 5.41) is 18.8. The Morgan fingerprint density at radius 2 is 1.70 bits per heavy atom. The molecule has 0 spiro atoms. The van der Waals surface area contributed by atoms with E-state index in [1.165, 1.54) is 24.3 Å². The molecular formula is C22H21N3O4S. The number of nitriles is 1. The van der Waals surface area contributed by atoms with E-state index in [9.17, 15) is 18.3 Å². The van der Waals surface area contributed by atoms with E-state index in [2.05, 4.69) is 0 Å². The van der Waals surface area contributed by atoms with Crippen LogP contribution in [0.5, 0.6) is 0 Å². The van der Waals surface area contributed by atoms with Crippen LogP contribution < -0.4 is 0 Å². The minimum absolute atomic E-state index is 0.0114. The smallest absolute Gasteiger partial charge is 0.243 e. The summed E-state index contributed by atoms with van der Waals surface area (Å²) in [7, 11) is -4.91. The molecular weight excluding hydrogens is 402 g/mol. The molecule has 2 fully saturated rings. The molecule has 2 saturated heterocycles. The molecule has 7 nitrogen and oxygen atoms in total. The van der Waals surface area contributed by atoms with Crippen LogP contribution in [-0.2, 0) is 14.8 Å². The lowest BCUT2D eigenvalue weighted by molar-refractivity contribution is -0.135. The molecule has 2 aliphatic rings. The number of aliphatic hydroxyl groups is 1. The second-order valence-corrected chi connectivity index (χ2v) is 8.03. The first-order valence-corrected chi connectivity index (χ1v) is 10.1. The molecule has 2 heterocycles. The molecule has 2 aliphatic heterocycles. The Kier molecular flexibility index (Phi) is 3.21. The van der Waals surface area contributed by atoms with E-state index in [-0.39, 0.29) is 20.3 Å². The number of amides is 1. The molecule has 8 heteroatoms. The van der Waals surface area contributed by atoms with Gasteiger partial charge in [0.1, 0.15) is 0 Å². The van der Waals surface area contributed by atoms with Crippen LogP contribution >= 0.6 is 0 Å². The maximum absolute atomic E-state index is 13.3. The molecule has 0 radical (unpaired) electrons. The highest BCUT2D eigenvalue weighted by atomic mass is 32.2. The van der Waals surface area contributed by atoms with E-state index in [1.54, 1.807) is 12.1 Å². The van der Waals surface area contributed by atoms with Gasteiger partial charge in [-0.25, -0.2) is 8.42 Å². The zero-order valence-electron chi connectivity index (χ0n) is 24.3. The predicted molar refractivity (Wildman–Crippen MR) is 110 cm³/mol. The molecule has 4 rings (SSSR count). The van der Waals surface area contributed by atoms with Gasteiger partial charge in [-0.3, -0.25) is 4.79 Å². The van der Waals surface area contributed by atoms with Crippen molar-refractivity contribution in [3.05, 3.63) is 76.9 Å². The van der Waals surface area contributed by atoms with Gasteiger partial charge in [0.05, 0.1) is 34.5 Å². The molecule has 0 aliphatic carbocycles. The first-order valence-electron chi connectivity index (χ1n) is 13.2. The Morgan fingerprint density at radius 1 is 1.10 bits per heavy atom. The second kappa shape index (κ2) is 8.03.